The standard InChI is InChI=1S/C20H19O6P/c1-14-8-6-12-17(21)19(14)25-27(23,24-16-10-4-3-5-11-16)26-20-15(2)9-7-13-18(20)22/h3-13,21-22H,1-2H3. The van der Waals surface area contributed by atoms with Crippen LogP contribution >= 0.6 is 7.82 Å². The van der Waals surface area contributed by atoms with Gasteiger partial charge in [-0.05, 0) is 49.2 Å². The highest BCUT2D eigenvalue weighted by Gasteiger charge is 2.36. The van der Waals surface area contributed by atoms with Crippen LogP contribution in [0.3, 0.4) is 0 Å². The summed E-state index contributed by atoms with van der Waals surface area (Å²) in [7, 11) is -4.31. The number of hydrogen-bond acceptors (Lipinski definition) is 6. The summed E-state index contributed by atoms with van der Waals surface area (Å²) in [6, 6.07) is 17.8. The molecule has 140 valence electrons. The molecule has 0 aliphatic rings. The van der Waals surface area contributed by atoms with Crippen molar-refractivity contribution in [3.05, 3.63) is 77.9 Å². The van der Waals surface area contributed by atoms with Gasteiger partial charge in [0.2, 0.25) is 0 Å². The molecule has 0 radical (unpaired) electrons. The Morgan fingerprint density at radius 1 is 0.667 bits per heavy atom. The first kappa shape index (κ1) is 18.7. The number of para-hydroxylation sites is 3. The monoisotopic (exact) mass is 386 g/mol. The molecule has 0 unspecified atom stereocenters. The van der Waals surface area contributed by atoms with Gasteiger partial charge in [0, 0.05) is 0 Å². The number of aryl methyl sites for hydroxylation is 2. The van der Waals surface area contributed by atoms with Gasteiger partial charge in [-0.3, -0.25) is 0 Å². The van der Waals surface area contributed by atoms with Crippen molar-refractivity contribution < 1.29 is 28.3 Å². The number of benzene rings is 3. The molecule has 7 heteroatoms. The number of aromatic hydroxyl groups is 2. The van der Waals surface area contributed by atoms with Gasteiger partial charge in [0.1, 0.15) is 5.75 Å². The van der Waals surface area contributed by atoms with Crippen molar-refractivity contribution in [2.24, 2.45) is 0 Å². The van der Waals surface area contributed by atoms with Gasteiger partial charge >= 0.3 is 7.82 Å². The fourth-order valence-corrected chi connectivity index (χ4v) is 3.82. The molecule has 3 aromatic carbocycles. The van der Waals surface area contributed by atoms with Crippen molar-refractivity contribution in [2.45, 2.75) is 13.8 Å². The van der Waals surface area contributed by atoms with E-state index in [9.17, 15) is 14.8 Å². The molecule has 0 aromatic heterocycles. The Labute approximate surface area is 157 Å². The largest absolute Gasteiger partial charge is 0.647 e. The van der Waals surface area contributed by atoms with Crippen LogP contribution < -0.4 is 13.6 Å². The van der Waals surface area contributed by atoms with Crippen molar-refractivity contribution in [2.75, 3.05) is 0 Å². The van der Waals surface area contributed by atoms with E-state index in [1.807, 2.05) is 0 Å². The maximum absolute atomic E-state index is 13.4. The predicted octanol–water partition coefficient (Wildman–Crippen LogP) is 5.36. The molecule has 0 fully saturated rings. The molecule has 0 aliphatic heterocycles. The molecule has 3 aromatic rings. The third-order valence-electron chi connectivity index (χ3n) is 3.75. The van der Waals surface area contributed by atoms with Crippen molar-refractivity contribution in [3.63, 3.8) is 0 Å². The molecule has 0 atom stereocenters. The highest BCUT2D eigenvalue weighted by atomic mass is 31.2. The predicted molar refractivity (Wildman–Crippen MR) is 102 cm³/mol. The lowest BCUT2D eigenvalue weighted by Gasteiger charge is -2.21. The lowest BCUT2D eigenvalue weighted by molar-refractivity contribution is 0.285. The molecule has 2 N–H and O–H groups in total. The Morgan fingerprint density at radius 3 is 1.59 bits per heavy atom. The number of hydrogen-bond donors (Lipinski definition) is 2. The van der Waals surface area contributed by atoms with Gasteiger partial charge in [0.25, 0.3) is 0 Å². The lowest BCUT2D eigenvalue weighted by Crippen LogP contribution is -2.09. The van der Waals surface area contributed by atoms with Gasteiger partial charge in [-0.15, -0.1) is 0 Å². The number of rotatable bonds is 6. The maximum Gasteiger partial charge on any atom is 0.647 e. The normalized spacial score (nSPS) is 11.0. The van der Waals surface area contributed by atoms with E-state index in [2.05, 4.69) is 0 Å². The summed E-state index contributed by atoms with van der Waals surface area (Å²) >= 11 is 0. The average Bonchev–Trinajstić information content (AvgIpc) is 2.63. The Kier molecular flexibility index (Phi) is 5.28. The second-order valence-corrected chi connectivity index (χ2v) is 7.32. The molecule has 27 heavy (non-hydrogen) atoms. The van der Waals surface area contributed by atoms with E-state index < -0.39 is 7.82 Å². The van der Waals surface area contributed by atoms with Crippen LogP contribution in [0.25, 0.3) is 0 Å². The van der Waals surface area contributed by atoms with Crippen LogP contribution in [0.1, 0.15) is 11.1 Å². The summed E-state index contributed by atoms with van der Waals surface area (Å²) in [6.45, 7) is 3.38. The minimum absolute atomic E-state index is 0.0233. The van der Waals surface area contributed by atoms with Crippen LogP contribution in [-0.2, 0) is 4.57 Å². The van der Waals surface area contributed by atoms with E-state index in [1.165, 1.54) is 12.1 Å². The number of phosphoric acid groups is 1. The first-order valence-corrected chi connectivity index (χ1v) is 9.65. The molecule has 0 saturated carbocycles. The molecular weight excluding hydrogens is 367 g/mol. The van der Waals surface area contributed by atoms with E-state index >= 15 is 0 Å². The minimum Gasteiger partial charge on any atom is -0.504 e. The number of phosphoric ester groups is 1. The maximum atomic E-state index is 13.4. The quantitative estimate of drug-likeness (QED) is 0.555. The van der Waals surface area contributed by atoms with Crippen LogP contribution in [0, 0.1) is 13.8 Å². The molecule has 0 saturated heterocycles. The third kappa shape index (κ3) is 4.36. The van der Waals surface area contributed by atoms with Crippen molar-refractivity contribution in [1.29, 1.82) is 0 Å². The molecule has 0 spiro atoms. The van der Waals surface area contributed by atoms with Gasteiger partial charge in [-0.25, -0.2) is 0 Å². The summed E-state index contributed by atoms with van der Waals surface area (Å²) in [4.78, 5) is 0. The van der Waals surface area contributed by atoms with Crippen LogP contribution in [0.4, 0.5) is 0 Å². The topological polar surface area (TPSA) is 85.2 Å². The minimum atomic E-state index is -4.31. The summed E-state index contributed by atoms with van der Waals surface area (Å²) in [5.41, 5.74) is 1.09. The van der Waals surface area contributed by atoms with Gasteiger partial charge in [0.05, 0.1) is 0 Å². The van der Waals surface area contributed by atoms with Crippen LogP contribution in [0.2, 0.25) is 0 Å². The Morgan fingerprint density at radius 2 is 1.15 bits per heavy atom. The molecule has 0 aliphatic carbocycles. The Bertz CT molecular complexity index is 889. The van der Waals surface area contributed by atoms with Crippen LogP contribution in [0.15, 0.2) is 66.7 Å². The lowest BCUT2D eigenvalue weighted by atomic mass is 10.2. The Hall–Kier alpha value is -3.11. The molecular formula is C20H19O6P. The van der Waals surface area contributed by atoms with E-state index in [1.54, 1.807) is 68.4 Å². The van der Waals surface area contributed by atoms with Crippen molar-refractivity contribution in [3.8, 4) is 28.7 Å². The van der Waals surface area contributed by atoms with Crippen LogP contribution in [0.5, 0.6) is 28.7 Å². The van der Waals surface area contributed by atoms with Crippen molar-refractivity contribution in [1.82, 2.24) is 0 Å². The molecule has 0 heterocycles. The first-order valence-electron chi connectivity index (χ1n) is 8.19. The van der Waals surface area contributed by atoms with Gasteiger partial charge in [-0.2, -0.15) is 4.57 Å². The third-order valence-corrected chi connectivity index (χ3v) is 5.00. The smallest absolute Gasteiger partial charge is 0.504 e. The van der Waals surface area contributed by atoms with Gasteiger partial charge in [0.15, 0.2) is 23.0 Å². The molecule has 3 rings (SSSR count). The van der Waals surface area contributed by atoms with E-state index in [4.69, 9.17) is 13.6 Å². The summed E-state index contributed by atoms with van der Waals surface area (Å²) in [6.07, 6.45) is 0. The van der Waals surface area contributed by atoms with Crippen molar-refractivity contribution >= 4 is 7.82 Å². The summed E-state index contributed by atoms with van der Waals surface area (Å²) in [5.74, 6) is -0.203. The SMILES string of the molecule is Cc1cccc(O)c1OP(=O)(Oc1ccccc1)Oc1c(C)cccc1O. The highest BCUT2D eigenvalue weighted by molar-refractivity contribution is 7.49. The van der Waals surface area contributed by atoms with Crippen LogP contribution in [-0.4, -0.2) is 10.2 Å². The Balaban J connectivity index is 2.02. The molecule has 0 bridgehead atoms. The van der Waals surface area contributed by atoms with Gasteiger partial charge < -0.3 is 23.8 Å². The summed E-state index contributed by atoms with van der Waals surface area (Å²) < 4.78 is 30.0. The molecule has 6 nitrogen and oxygen atoms in total. The number of phenolic OH excluding ortho intramolecular Hbond substituents is 2. The van der Waals surface area contributed by atoms with E-state index in [-0.39, 0.29) is 28.7 Å². The zero-order valence-corrected chi connectivity index (χ0v) is 15.7. The first-order chi connectivity index (χ1) is 12.9. The van der Waals surface area contributed by atoms with E-state index in [0.29, 0.717) is 11.1 Å². The second-order valence-electron chi connectivity index (χ2n) is 5.88. The fraction of sp³-hybridized carbons (Fsp3) is 0.100. The van der Waals surface area contributed by atoms with E-state index in [0.717, 1.165) is 0 Å². The van der Waals surface area contributed by atoms with Gasteiger partial charge in [-0.1, -0.05) is 42.5 Å². The highest BCUT2D eigenvalue weighted by Crippen LogP contribution is 2.54. The average molecular weight is 386 g/mol. The zero-order valence-electron chi connectivity index (χ0n) is 14.8. The second kappa shape index (κ2) is 7.64. The summed E-state index contributed by atoms with van der Waals surface area (Å²) in [5, 5.41) is 20.2. The molecule has 0 amide bonds. The number of phenols is 2. The fourth-order valence-electron chi connectivity index (χ4n) is 2.40. The zero-order chi connectivity index (χ0) is 19.4.